The molecule has 1 amide bonds. The van der Waals surface area contributed by atoms with E-state index in [0.29, 0.717) is 11.3 Å². The highest BCUT2D eigenvalue weighted by Gasteiger charge is 2.10. The van der Waals surface area contributed by atoms with Crippen molar-refractivity contribution in [3.05, 3.63) is 52.3 Å². The van der Waals surface area contributed by atoms with Crippen LogP contribution in [0.3, 0.4) is 0 Å². The molecule has 0 aliphatic rings. The van der Waals surface area contributed by atoms with E-state index in [1.165, 1.54) is 18.5 Å². The van der Waals surface area contributed by atoms with E-state index < -0.39 is 0 Å². The number of benzene rings is 1. The van der Waals surface area contributed by atoms with Crippen LogP contribution in [-0.2, 0) is 0 Å². The van der Waals surface area contributed by atoms with Gasteiger partial charge in [-0.25, -0.2) is 0 Å². The third-order valence-electron chi connectivity index (χ3n) is 2.43. The molecule has 0 fully saturated rings. The van der Waals surface area contributed by atoms with E-state index in [1.807, 2.05) is 19.1 Å². The fraction of sp³-hybridized carbons (Fsp3) is 0.0769. The van der Waals surface area contributed by atoms with Gasteiger partial charge in [0.25, 0.3) is 5.91 Å². The van der Waals surface area contributed by atoms with Crippen LogP contribution in [0, 0.1) is 6.92 Å². The fourth-order valence-corrected chi connectivity index (χ4v) is 1.85. The Kier molecular flexibility index (Phi) is 3.62. The Hall–Kier alpha value is -1.88. The van der Waals surface area contributed by atoms with E-state index in [4.69, 9.17) is 0 Å². The molecule has 2 aromatic rings. The summed E-state index contributed by atoms with van der Waals surface area (Å²) in [5.74, 6) is -0.351. The number of carbonyl (C=O) groups is 1. The van der Waals surface area contributed by atoms with Gasteiger partial charge in [-0.3, -0.25) is 9.78 Å². The van der Waals surface area contributed by atoms with Gasteiger partial charge in [0.05, 0.1) is 17.4 Å². The number of nitrogens with zero attached hydrogens (tertiary/aromatic N) is 1. The van der Waals surface area contributed by atoms with Crippen LogP contribution in [0.25, 0.3) is 0 Å². The smallest absolute Gasteiger partial charge is 0.257 e. The Morgan fingerprint density at radius 3 is 2.89 bits per heavy atom. The molecule has 5 heteroatoms. The molecule has 1 aromatic carbocycles. The van der Waals surface area contributed by atoms with Crippen molar-refractivity contribution in [1.82, 2.24) is 4.98 Å². The van der Waals surface area contributed by atoms with Crippen molar-refractivity contribution in [2.45, 2.75) is 6.92 Å². The van der Waals surface area contributed by atoms with Crippen molar-refractivity contribution in [3.63, 3.8) is 0 Å². The zero-order valence-electron chi connectivity index (χ0n) is 9.64. The molecule has 92 valence electrons. The molecule has 2 N–H and O–H groups in total. The minimum absolute atomic E-state index is 0.0362. The topological polar surface area (TPSA) is 62.2 Å². The Labute approximate surface area is 113 Å². The first-order chi connectivity index (χ1) is 8.58. The van der Waals surface area contributed by atoms with Crippen LogP contribution in [0.4, 0.5) is 5.69 Å². The molecule has 2 rings (SSSR count). The number of aromatic nitrogens is 1. The second kappa shape index (κ2) is 5.18. The lowest BCUT2D eigenvalue weighted by Gasteiger charge is -2.09. The number of aromatic hydroxyl groups is 1. The van der Waals surface area contributed by atoms with E-state index in [0.717, 1.165) is 10.0 Å². The van der Waals surface area contributed by atoms with Gasteiger partial charge in [-0.15, -0.1) is 0 Å². The lowest BCUT2D eigenvalue weighted by molar-refractivity contribution is 0.102. The number of anilines is 1. The molecule has 0 saturated heterocycles. The van der Waals surface area contributed by atoms with Crippen molar-refractivity contribution >= 4 is 27.5 Å². The van der Waals surface area contributed by atoms with Gasteiger partial charge in [0, 0.05) is 10.7 Å². The molecule has 0 radical (unpaired) electrons. The summed E-state index contributed by atoms with van der Waals surface area (Å²) in [5, 5.41) is 12.0. The highest BCUT2D eigenvalue weighted by molar-refractivity contribution is 9.10. The number of hydrogen-bond donors (Lipinski definition) is 2. The summed E-state index contributed by atoms with van der Waals surface area (Å²) in [7, 11) is 0. The number of rotatable bonds is 2. The number of pyridine rings is 1. The fourth-order valence-electron chi connectivity index (χ4n) is 1.49. The summed E-state index contributed by atoms with van der Waals surface area (Å²) in [6.45, 7) is 1.94. The summed E-state index contributed by atoms with van der Waals surface area (Å²) in [5.41, 5.74) is 2.02. The number of hydrogen-bond acceptors (Lipinski definition) is 3. The average Bonchev–Trinajstić information content (AvgIpc) is 2.35. The van der Waals surface area contributed by atoms with Crippen LogP contribution in [0.2, 0.25) is 0 Å². The summed E-state index contributed by atoms with van der Waals surface area (Å²) in [6, 6.07) is 6.96. The normalized spacial score (nSPS) is 10.1. The monoisotopic (exact) mass is 306 g/mol. The molecule has 0 bridgehead atoms. The second-order valence-corrected chi connectivity index (χ2v) is 4.62. The summed E-state index contributed by atoms with van der Waals surface area (Å²) in [4.78, 5) is 15.7. The van der Waals surface area contributed by atoms with Gasteiger partial charge in [-0.1, -0.05) is 12.1 Å². The van der Waals surface area contributed by atoms with Crippen molar-refractivity contribution in [2.75, 3.05) is 5.32 Å². The minimum Gasteiger partial charge on any atom is -0.506 e. The van der Waals surface area contributed by atoms with Crippen molar-refractivity contribution in [2.24, 2.45) is 0 Å². The number of nitrogens with one attached hydrogen (secondary N) is 1. The van der Waals surface area contributed by atoms with E-state index in [2.05, 4.69) is 26.2 Å². The first kappa shape index (κ1) is 12.6. The van der Waals surface area contributed by atoms with Gasteiger partial charge in [0.2, 0.25) is 0 Å². The Bertz CT molecular complexity index is 599. The van der Waals surface area contributed by atoms with Crippen LogP contribution in [0.15, 0.2) is 41.1 Å². The molecular weight excluding hydrogens is 296 g/mol. The van der Waals surface area contributed by atoms with Gasteiger partial charge in [0.15, 0.2) is 0 Å². The standard InChI is InChI=1S/C13H11BrN2O2/c1-8-3-2-4-11(12(8)14)16-13(18)9-5-10(17)7-15-6-9/h2-7,17H,1H3,(H,16,18). The number of halogens is 1. The lowest BCUT2D eigenvalue weighted by atomic mass is 10.2. The molecule has 1 heterocycles. The van der Waals surface area contributed by atoms with Gasteiger partial charge >= 0.3 is 0 Å². The third kappa shape index (κ3) is 2.68. The maximum atomic E-state index is 11.9. The lowest BCUT2D eigenvalue weighted by Crippen LogP contribution is -2.12. The molecule has 0 aliphatic heterocycles. The van der Waals surface area contributed by atoms with Gasteiger partial charge in [-0.2, -0.15) is 0 Å². The van der Waals surface area contributed by atoms with Crippen molar-refractivity contribution < 1.29 is 9.90 Å². The number of carbonyl (C=O) groups excluding carboxylic acids is 1. The predicted molar refractivity (Wildman–Crippen MR) is 72.7 cm³/mol. The van der Waals surface area contributed by atoms with Crippen LogP contribution >= 0.6 is 15.9 Å². The van der Waals surface area contributed by atoms with Crippen LogP contribution < -0.4 is 5.32 Å². The average molecular weight is 307 g/mol. The van der Waals surface area contributed by atoms with E-state index >= 15 is 0 Å². The molecule has 1 aromatic heterocycles. The third-order valence-corrected chi connectivity index (χ3v) is 3.48. The van der Waals surface area contributed by atoms with Gasteiger partial charge < -0.3 is 10.4 Å². The zero-order valence-corrected chi connectivity index (χ0v) is 11.2. The summed E-state index contributed by atoms with van der Waals surface area (Å²) in [6.07, 6.45) is 2.68. The predicted octanol–water partition coefficient (Wildman–Crippen LogP) is 3.11. The molecular formula is C13H11BrN2O2. The molecule has 0 saturated carbocycles. The van der Waals surface area contributed by atoms with E-state index in [9.17, 15) is 9.90 Å². The van der Waals surface area contributed by atoms with E-state index in [1.54, 1.807) is 6.07 Å². The zero-order chi connectivity index (χ0) is 13.1. The quantitative estimate of drug-likeness (QED) is 0.896. The van der Waals surface area contributed by atoms with Crippen LogP contribution in [0.1, 0.15) is 15.9 Å². The number of aryl methyl sites for hydroxylation is 1. The largest absolute Gasteiger partial charge is 0.506 e. The highest BCUT2D eigenvalue weighted by atomic mass is 79.9. The molecule has 0 aliphatic carbocycles. The maximum absolute atomic E-state index is 11.9. The number of amides is 1. The molecule has 0 unspecified atom stereocenters. The Morgan fingerprint density at radius 2 is 2.17 bits per heavy atom. The van der Waals surface area contributed by atoms with Crippen molar-refractivity contribution in [1.29, 1.82) is 0 Å². The molecule has 4 nitrogen and oxygen atoms in total. The first-order valence-corrected chi connectivity index (χ1v) is 6.07. The molecule has 18 heavy (non-hydrogen) atoms. The van der Waals surface area contributed by atoms with Gasteiger partial charge in [0.1, 0.15) is 5.75 Å². The first-order valence-electron chi connectivity index (χ1n) is 5.28. The summed E-state index contributed by atoms with van der Waals surface area (Å²) < 4.78 is 0.839. The maximum Gasteiger partial charge on any atom is 0.257 e. The summed E-state index contributed by atoms with van der Waals surface area (Å²) >= 11 is 3.42. The highest BCUT2D eigenvalue weighted by Crippen LogP contribution is 2.26. The second-order valence-electron chi connectivity index (χ2n) is 3.82. The van der Waals surface area contributed by atoms with E-state index in [-0.39, 0.29) is 11.7 Å². The Morgan fingerprint density at radius 1 is 1.39 bits per heavy atom. The SMILES string of the molecule is Cc1cccc(NC(=O)c2cncc(O)c2)c1Br. The molecule has 0 atom stereocenters. The van der Waals surface area contributed by atoms with Crippen LogP contribution in [0.5, 0.6) is 5.75 Å². The minimum atomic E-state index is -0.315. The molecule has 0 spiro atoms. The Balaban J connectivity index is 2.24. The van der Waals surface area contributed by atoms with Crippen LogP contribution in [-0.4, -0.2) is 16.0 Å². The van der Waals surface area contributed by atoms with Gasteiger partial charge in [-0.05, 0) is 40.5 Å². The van der Waals surface area contributed by atoms with Crippen molar-refractivity contribution in [3.8, 4) is 5.75 Å².